The van der Waals surface area contributed by atoms with Crippen molar-refractivity contribution in [3.63, 3.8) is 0 Å². The van der Waals surface area contributed by atoms with E-state index in [-0.39, 0.29) is 24.9 Å². The third kappa shape index (κ3) is 5.51. The predicted molar refractivity (Wildman–Crippen MR) is 70.7 cm³/mol. The summed E-state index contributed by atoms with van der Waals surface area (Å²) in [7, 11) is 0. The van der Waals surface area contributed by atoms with Gasteiger partial charge in [0.15, 0.2) is 6.61 Å². The number of carbonyl (C=O) groups is 2. The number of benzene rings is 1. The summed E-state index contributed by atoms with van der Waals surface area (Å²) in [6.07, 6.45) is 0. The Labute approximate surface area is 111 Å². The van der Waals surface area contributed by atoms with Crippen molar-refractivity contribution in [1.29, 1.82) is 0 Å². The number of primary amides is 1. The Kier molecular flexibility index (Phi) is 6.77. The van der Waals surface area contributed by atoms with Crippen molar-refractivity contribution >= 4 is 29.9 Å². The highest BCUT2D eigenvalue weighted by atomic mass is 35.5. The molecule has 0 saturated carbocycles. The van der Waals surface area contributed by atoms with E-state index < -0.39 is 11.9 Å². The minimum Gasteiger partial charge on any atom is -0.484 e. The number of rotatable bonds is 5. The van der Waals surface area contributed by atoms with Gasteiger partial charge in [-0.15, -0.1) is 12.4 Å². The molecule has 1 unspecified atom stereocenters. The van der Waals surface area contributed by atoms with E-state index in [9.17, 15) is 9.59 Å². The van der Waals surface area contributed by atoms with E-state index in [2.05, 4.69) is 5.32 Å². The molecule has 1 rings (SSSR count). The second-order valence-electron chi connectivity index (χ2n) is 3.56. The van der Waals surface area contributed by atoms with E-state index in [0.717, 1.165) is 0 Å². The summed E-state index contributed by atoms with van der Waals surface area (Å²) in [4.78, 5) is 21.9. The molecule has 1 aromatic carbocycles. The van der Waals surface area contributed by atoms with Gasteiger partial charge in [-0.3, -0.25) is 9.59 Å². The molecule has 0 saturated heterocycles. The van der Waals surface area contributed by atoms with Crippen LogP contribution in [0.5, 0.6) is 5.75 Å². The van der Waals surface area contributed by atoms with Gasteiger partial charge in [-0.05, 0) is 19.1 Å². The molecule has 5 N–H and O–H groups in total. The van der Waals surface area contributed by atoms with Gasteiger partial charge in [0.1, 0.15) is 5.75 Å². The standard InChI is InChI=1S/C11H15N3O3.ClH/c1-7(12)11(16)14-8-3-2-4-9(5-8)17-6-10(13)15;/h2-5,7H,6,12H2,1H3,(H2,13,15)(H,14,16);1H. The van der Waals surface area contributed by atoms with Gasteiger partial charge in [0, 0.05) is 11.8 Å². The Balaban J connectivity index is 0.00000289. The smallest absolute Gasteiger partial charge is 0.255 e. The maximum absolute atomic E-state index is 11.3. The highest BCUT2D eigenvalue weighted by molar-refractivity contribution is 5.94. The number of carbonyl (C=O) groups excluding carboxylic acids is 2. The van der Waals surface area contributed by atoms with Gasteiger partial charge >= 0.3 is 0 Å². The van der Waals surface area contributed by atoms with Crippen molar-refractivity contribution in [1.82, 2.24) is 0 Å². The first kappa shape index (κ1) is 16.2. The van der Waals surface area contributed by atoms with Crippen LogP contribution in [0.25, 0.3) is 0 Å². The monoisotopic (exact) mass is 273 g/mol. The summed E-state index contributed by atoms with van der Waals surface area (Å²) >= 11 is 0. The Morgan fingerprint density at radius 2 is 2.11 bits per heavy atom. The fourth-order valence-electron chi connectivity index (χ4n) is 1.07. The lowest BCUT2D eigenvalue weighted by atomic mass is 10.2. The minimum absolute atomic E-state index is 0. The zero-order valence-electron chi connectivity index (χ0n) is 9.88. The second kappa shape index (κ2) is 7.52. The van der Waals surface area contributed by atoms with Gasteiger partial charge < -0.3 is 21.5 Å². The largest absolute Gasteiger partial charge is 0.484 e. The SMILES string of the molecule is CC(N)C(=O)Nc1cccc(OCC(N)=O)c1.Cl. The van der Waals surface area contributed by atoms with Crippen LogP contribution in [-0.4, -0.2) is 24.5 Å². The van der Waals surface area contributed by atoms with E-state index in [1.54, 1.807) is 31.2 Å². The van der Waals surface area contributed by atoms with E-state index in [4.69, 9.17) is 16.2 Å². The maximum atomic E-state index is 11.3. The van der Waals surface area contributed by atoms with Gasteiger partial charge in [-0.25, -0.2) is 0 Å². The molecule has 0 aliphatic rings. The Morgan fingerprint density at radius 3 is 2.67 bits per heavy atom. The van der Waals surface area contributed by atoms with Crippen molar-refractivity contribution < 1.29 is 14.3 Å². The zero-order chi connectivity index (χ0) is 12.8. The van der Waals surface area contributed by atoms with Gasteiger partial charge in [0.25, 0.3) is 5.91 Å². The number of amides is 2. The first-order chi connectivity index (χ1) is 7.99. The fourth-order valence-corrected chi connectivity index (χ4v) is 1.07. The first-order valence-corrected chi connectivity index (χ1v) is 5.06. The van der Waals surface area contributed by atoms with Crippen molar-refractivity contribution in [3.05, 3.63) is 24.3 Å². The third-order valence-corrected chi connectivity index (χ3v) is 1.90. The molecule has 0 heterocycles. The van der Waals surface area contributed by atoms with E-state index >= 15 is 0 Å². The average Bonchev–Trinajstić information content (AvgIpc) is 2.26. The van der Waals surface area contributed by atoms with E-state index in [0.29, 0.717) is 11.4 Å². The number of nitrogens with two attached hydrogens (primary N) is 2. The van der Waals surface area contributed by atoms with Crippen molar-refractivity contribution in [2.45, 2.75) is 13.0 Å². The van der Waals surface area contributed by atoms with Crippen LogP contribution >= 0.6 is 12.4 Å². The first-order valence-electron chi connectivity index (χ1n) is 5.06. The molecule has 1 atom stereocenters. The fraction of sp³-hybridized carbons (Fsp3) is 0.273. The van der Waals surface area contributed by atoms with Gasteiger partial charge in [-0.1, -0.05) is 6.07 Å². The Hall–Kier alpha value is -1.79. The predicted octanol–water partition coefficient (Wildman–Crippen LogP) is 0.258. The Morgan fingerprint density at radius 1 is 1.44 bits per heavy atom. The topological polar surface area (TPSA) is 107 Å². The van der Waals surface area contributed by atoms with Crippen LogP contribution in [0.1, 0.15) is 6.92 Å². The van der Waals surface area contributed by atoms with Crippen LogP contribution in [0, 0.1) is 0 Å². The summed E-state index contributed by atoms with van der Waals surface area (Å²) in [5.74, 6) is -0.404. The molecule has 0 aliphatic carbocycles. The van der Waals surface area contributed by atoms with Gasteiger partial charge in [0.2, 0.25) is 5.91 Å². The van der Waals surface area contributed by atoms with E-state index in [1.165, 1.54) is 0 Å². The van der Waals surface area contributed by atoms with Crippen LogP contribution in [0.3, 0.4) is 0 Å². The molecule has 7 heteroatoms. The molecular formula is C11H16ClN3O3. The summed E-state index contributed by atoms with van der Waals surface area (Å²) < 4.78 is 5.09. The molecule has 0 spiro atoms. The lowest BCUT2D eigenvalue weighted by Gasteiger charge is -2.09. The molecule has 0 aromatic heterocycles. The molecule has 0 fully saturated rings. The number of anilines is 1. The molecular weight excluding hydrogens is 258 g/mol. The van der Waals surface area contributed by atoms with Gasteiger partial charge in [-0.2, -0.15) is 0 Å². The van der Waals surface area contributed by atoms with Crippen LogP contribution in [0.2, 0.25) is 0 Å². The second-order valence-corrected chi connectivity index (χ2v) is 3.56. The molecule has 0 bridgehead atoms. The molecule has 2 amide bonds. The molecule has 1 aromatic rings. The highest BCUT2D eigenvalue weighted by Crippen LogP contribution is 2.17. The highest BCUT2D eigenvalue weighted by Gasteiger charge is 2.07. The molecule has 100 valence electrons. The summed E-state index contributed by atoms with van der Waals surface area (Å²) in [6.45, 7) is 1.38. The summed E-state index contributed by atoms with van der Waals surface area (Å²) in [5.41, 5.74) is 10.9. The summed E-state index contributed by atoms with van der Waals surface area (Å²) in [5, 5.41) is 2.61. The van der Waals surface area contributed by atoms with Crippen molar-refractivity contribution in [2.24, 2.45) is 11.5 Å². The number of hydrogen-bond acceptors (Lipinski definition) is 4. The minimum atomic E-state index is -0.592. The van der Waals surface area contributed by atoms with Crippen LogP contribution in [0.4, 0.5) is 5.69 Å². The van der Waals surface area contributed by atoms with Crippen LogP contribution in [-0.2, 0) is 9.59 Å². The number of ether oxygens (including phenoxy) is 1. The van der Waals surface area contributed by atoms with Crippen LogP contribution < -0.4 is 21.5 Å². The number of hydrogen-bond donors (Lipinski definition) is 3. The lowest BCUT2D eigenvalue weighted by Crippen LogP contribution is -2.32. The quantitative estimate of drug-likeness (QED) is 0.715. The Bertz CT molecular complexity index is 424. The van der Waals surface area contributed by atoms with Crippen LogP contribution in [0.15, 0.2) is 24.3 Å². The average molecular weight is 274 g/mol. The third-order valence-electron chi connectivity index (χ3n) is 1.90. The van der Waals surface area contributed by atoms with Crippen molar-refractivity contribution in [2.75, 3.05) is 11.9 Å². The maximum Gasteiger partial charge on any atom is 0.255 e. The molecule has 0 aliphatic heterocycles. The van der Waals surface area contributed by atoms with Crippen molar-refractivity contribution in [3.8, 4) is 5.75 Å². The number of halogens is 1. The zero-order valence-corrected chi connectivity index (χ0v) is 10.7. The van der Waals surface area contributed by atoms with E-state index in [1.807, 2.05) is 0 Å². The molecule has 6 nitrogen and oxygen atoms in total. The van der Waals surface area contributed by atoms with Gasteiger partial charge in [0.05, 0.1) is 6.04 Å². The number of nitrogens with one attached hydrogen (secondary N) is 1. The summed E-state index contributed by atoms with van der Waals surface area (Å²) in [6, 6.07) is 6.03. The normalized spacial score (nSPS) is 11.0. The molecule has 0 radical (unpaired) electrons. The lowest BCUT2D eigenvalue weighted by molar-refractivity contribution is -0.120. The molecule has 18 heavy (non-hydrogen) atoms.